The van der Waals surface area contributed by atoms with Crippen molar-refractivity contribution in [3.8, 4) is 79.5 Å². The van der Waals surface area contributed by atoms with Crippen molar-refractivity contribution in [1.82, 2.24) is 44.9 Å². The number of rotatable bonds is 10. The van der Waals surface area contributed by atoms with Crippen molar-refractivity contribution in [3.05, 3.63) is 151 Å². The molecule has 9 nitrogen and oxygen atoms in total. The van der Waals surface area contributed by atoms with Gasteiger partial charge in [0.05, 0.1) is 0 Å². The third-order valence-electron chi connectivity index (χ3n) is 9.51. The molecule has 0 atom stereocenters. The fourth-order valence-corrected chi connectivity index (χ4v) is 6.38. The predicted molar refractivity (Wildman–Crippen MR) is 227 cm³/mol. The SMILES string of the molecule is CC(C)c1nc(-c2ccccc2)nc(-c2cc(-c3ccccc3)cc(-c3nc(-c4ccccc4)nc(-c4cccc(-c5nc(C(C)C)nc(C(C)C)n5)c4)n3)c2)n1. The van der Waals surface area contributed by atoms with E-state index in [2.05, 4.69) is 71.9 Å². The van der Waals surface area contributed by atoms with Crippen LogP contribution in [0.4, 0.5) is 0 Å². The van der Waals surface area contributed by atoms with E-state index in [0.29, 0.717) is 34.9 Å². The van der Waals surface area contributed by atoms with Crippen LogP contribution in [0.2, 0.25) is 0 Å². The molecule has 0 saturated heterocycles. The van der Waals surface area contributed by atoms with E-state index in [9.17, 15) is 0 Å². The molecule has 0 unspecified atom stereocenters. The van der Waals surface area contributed by atoms with Crippen LogP contribution in [-0.4, -0.2) is 44.9 Å². The molecule has 0 bridgehead atoms. The number of hydrogen-bond donors (Lipinski definition) is 0. The molecule has 0 spiro atoms. The van der Waals surface area contributed by atoms with Crippen molar-refractivity contribution in [2.24, 2.45) is 0 Å². The highest BCUT2D eigenvalue weighted by Crippen LogP contribution is 2.34. The Balaban J connectivity index is 1.32. The summed E-state index contributed by atoms with van der Waals surface area (Å²) in [4.78, 5) is 44.8. The van der Waals surface area contributed by atoms with E-state index in [4.69, 9.17) is 44.9 Å². The Morgan fingerprint density at radius 3 is 0.965 bits per heavy atom. The smallest absolute Gasteiger partial charge is 0.164 e. The quantitative estimate of drug-likeness (QED) is 0.135. The molecular formula is C48H43N9. The first-order chi connectivity index (χ1) is 27.7. The van der Waals surface area contributed by atoms with Crippen LogP contribution in [0.1, 0.15) is 76.8 Å². The Labute approximate surface area is 333 Å². The third-order valence-corrected chi connectivity index (χ3v) is 9.51. The van der Waals surface area contributed by atoms with Crippen molar-refractivity contribution in [2.75, 3.05) is 0 Å². The highest BCUT2D eigenvalue weighted by molar-refractivity contribution is 5.79. The van der Waals surface area contributed by atoms with Crippen LogP contribution in [-0.2, 0) is 0 Å². The maximum Gasteiger partial charge on any atom is 0.164 e. The normalized spacial score (nSPS) is 11.5. The fraction of sp³-hybridized carbons (Fsp3) is 0.188. The van der Waals surface area contributed by atoms with Gasteiger partial charge in [0.25, 0.3) is 0 Å². The maximum absolute atomic E-state index is 5.18. The first kappa shape index (κ1) is 37.1. The monoisotopic (exact) mass is 745 g/mol. The van der Waals surface area contributed by atoms with Gasteiger partial charge < -0.3 is 0 Å². The molecule has 0 fully saturated rings. The van der Waals surface area contributed by atoms with Crippen LogP contribution < -0.4 is 0 Å². The zero-order chi connectivity index (χ0) is 39.5. The van der Waals surface area contributed by atoms with Gasteiger partial charge in [-0.1, -0.05) is 151 Å². The van der Waals surface area contributed by atoms with Gasteiger partial charge >= 0.3 is 0 Å². The molecule has 0 radical (unpaired) electrons. The molecule has 0 amide bonds. The minimum atomic E-state index is 0.0905. The molecule has 0 aliphatic carbocycles. The summed E-state index contributed by atoms with van der Waals surface area (Å²) in [6, 6.07) is 44.7. The van der Waals surface area contributed by atoms with E-state index >= 15 is 0 Å². The van der Waals surface area contributed by atoms with Crippen LogP contribution in [0.15, 0.2) is 133 Å². The summed E-state index contributed by atoms with van der Waals surface area (Å²) in [6.45, 7) is 12.6. The zero-order valence-electron chi connectivity index (χ0n) is 33.0. The molecular weight excluding hydrogens is 703 g/mol. The number of benzene rings is 5. The van der Waals surface area contributed by atoms with Gasteiger partial charge in [-0.25, -0.2) is 44.9 Å². The maximum atomic E-state index is 5.18. The van der Waals surface area contributed by atoms with Crippen LogP contribution in [0, 0.1) is 0 Å². The largest absolute Gasteiger partial charge is 0.217 e. The van der Waals surface area contributed by atoms with E-state index in [-0.39, 0.29) is 17.8 Å². The van der Waals surface area contributed by atoms with Gasteiger partial charge in [-0.15, -0.1) is 0 Å². The van der Waals surface area contributed by atoms with E-state index in [1.54, 1.807) is 0 Å². The summed E-state index contributed by atoms with van der Waals surface area (Å²) < 4.78 is 0. The summed E-state index contributed by atoms with van der Waals surface area (Å²) >= 11 is 0. The van der Waals surface area contributed by atoms with Gasteiger partial charge in [-0.05, 0) is 35.4 Å². The second kappa shape index (κ2) is 16.1. The Kier molecular flexibility index (Phi) is 10.5. The van der Waals surface area contributed by atoms with Gasteiger partial charge in [-0.3, -0.25) is 0 Å². The van der Waals surface area contributed by atoms with Gasteiger partial charge in [0.2, 0.25) is 0 Å². The first-order valence-electron chi connectivity index (χ1n) is 19.4. The molecule has 5 aromatic carbocycles. The van der Waals surface area contributed by atoms with Crippen molar-refractivity contribution >= 4 is 0 Å². The van der Waals surface area contributed by atoms with Crippen molar-refractivity contribution in [1.29, 1.82) is 0 Å². The van der Waals surface area contributed by atoms with Crippen LogP contribution >= 0.6 is 0 Å². The van der Waals surface area contributed by atoms with E-state index in [1.807, 2.05) is 103 Å². The van der Waals surface area contributed by atoms with Crippen molar-refractivity contribution in [3.63, 3.8) is 0 Å². The van der Waals surface area contributed by atoms with E-state index in [0.717, 1.165) is 62.0 Å². The lowest BCUT2D eigenvalue weighted by molar-refractivity contribution is 0.697. The van der Waals surface area contributed by atoms with Gasteiger partial charge in [-0.2, -0.15) is 0 Å². The zero-order valence-corrected chi connectivity index (χ0v) is 33.0. The molecule has 57 heavy (non-hydrogen) atoms. The van der Waals surface area contributed by atoms with Crippen LogP contribution in [0.3, 0.4) is 0 Å². The second-order valence-electron chi connectivity index (χ2n) is 15.0. The van der Waals surface area contributed by atoms with Crippen LogP contribution in [0.25, 0.3) is 79.5 Å². The van der Waals surface area contributed by atoms with Gasteiger partial charge in [0, 0.05) is 51.1 Å². The predicted octanol–water partition coefficient (Wildman–Crippen LogP) is 11.3. The molecule has 0 saturated carbocycles. The fourth-order valence-electron chi connectivity index (χ4n) is 6.38. The highest BCUT2D eigenvalue weighted by Gasteiger charge is 2.19. The average molecular weight is 746 g/mol. The molecule has 3 heterocycles. The Morgan fingerprint density at radius 1 is 0.246 bits per heavy atom. The summed E-state index contributed by atoms with van der Waals surface area (Å²) in [5.74, 6) is 6.11. The first-order valence-corrected chi connectivity index (χ1v) is 19.4. The number of nitrogens with zero attached hydrogens (tertiary/aromatic N) is 9. The molecule has 0 aliphatic rings. The van der Waals surface area contributed by atoms with Crippen molar-refractivity contribution in [2.45, 2.75) is 59.3 Å². The minimum Gasteiger partial charge on any atom is -0.217 e. The molecule has 0 N–H and O–H groups in total. The molecule has 9 heteroatoms. The Morgan fingerprint density at radius 2 is 0.526 bits per heavy atom. The molecule has 3 aromatic heterocycles. The van der Waals surface area contributed by atoms with Gasteiger partial charge in [0.1, 0.15) is 17.5 Å². The highest BCUT2D eigenvalue weighted by atomic mass is 15.1. The van der Waals surface area contributed by atoms with E-state index in [1.165, 1.54) is 0 Å². The second-order valence-corrected chi connectivity index (χ2v) is 15.0. The number of hydrogen-bond acceptors (Lipinski definition) is 9. The third kappa shape index (κ3) is 8.23. The topological polar surface area (TPSA) is 116 Å². The lowest BCUT2D eigenvalue weighted by atomic mass is 9.98. The lowest BCUT2D eigenvalue weighted by Gasteiger charge is -2.14. The lowest BCUT2D eigenvalue weighted by Crippen LogP contribution is -2.08. The minimum absolute atomic E-state index is 0.0905. The summed E-state index contributed by atoms with van der Waals surface area (Å²) in [7, 11) is 0. The molecule has 280 valence electrons. The average Bonchev–Trinajstić information content (AvgIpc) is 3.26. The van der Waals surface area contributed by atoms with E-state index < -0.39 is 0 Å². The molecule has 8 rings (SSSR count). The standard InChI is InChI=1S/C48H43N9/c1-29(2)40-49-41(30(3)4)52-45(51-40)35-23-16-24-36(25-35)46-54-44(34-21-14-9-15-22-34)56-48(57-46)39-27-37(32-17-10-7-11-18-32)26-38(28-39)47-53-42(31(5)6)50-43(55-47)33-19-12-8-13-20-33/h7-31H,1-6H3. The summed E-state index contributed by atoms with van der Waals surface area (Å²) in [6.07, 6.45) is 0. The summed E-state index contributed by atoms with van der Waals surface area (Å²) in [5, 5.41) is 0. The Bertz CT molecular complexity index is 2630. The molecule has 8 aromatic rings. The summed E-state index contributed by atoms with van der Waals surface area (Å²) in [5.41, 5.74) is 7.15. The number of aromatic nitrogens is 9. The molecule has 0 aliphatic heterocycles. The van der Waals surface area contributed by atoms with Crippen molar-refractivity contribution < 1.29 is 0 Å². The Hall–Kier alpha value is -6.87. The van der Waals surface area contributed by atoms with Gasteiger partial charge in [0.15, 0.2) is 34.9 Å². The van der Waals surface area contributed by atoms with Crippen LogP contribution in [0.5, 0.6) is 0 Å².